The second kappa shape index (κ2) is 8.66. The summed E-state index contributed by atoms with van der Waals surface area (Å²) >= 11 is -1.17. The summed E-state index contributed by atoms with van der Waals surface area (Å²) in [6, 6.07) is 3.84. The van der Waals surface area contributed by atoms with Gasteiger partial charge in [-0.2, -0.15) is 0 Å². The van der Waals surface area contributed by atoms with Gasteiger partial charge in [0.05, 0.1) is 11.7 Å². The number of nitrogens with one attached hydrogen (secondary N) is 1. The third kappa shape index (κ3) is 5.44. The first-order valence-corrected chi connectivity index (χ1v) is 11.5. The Morgan fingerprint density at radius 2 is 1.86 bits per heavy atom. The number of hydrogen-bond acceptors (Lipinski definition) is 5. The topological polar surface area (TPSA) is 61.8 Å². The van der Waals surface area contributed by atoms with Gasteiger partial charge in [-0.3, -0.25) is 0 Å². The molecule has 1 saturated heterocycles. The van der Waals surface area contributed by atoms with E-state index in [0.717, 1.165) is 43.0 Å². The third-order valence-corrected chi connectivity index (χ3v) is 7.18. The molecule has 5 nitrogen and oxygen atoms in total. The standard InChI is InChI=1S/C22H35N3O2S/c1-16(23-28(27)22(2,3)4)19-15-21(26)20(25-12-10-24(5)11-13-25)14-18(19)9-8-17-6-7-17/h8-9,14-17,23,26H,6-7,10-13H2,1-5H3/b9-8+/t16-,28?/m0/s1. The Bertz CT molecular complexity index is 704. The van der Waals surface area contributed by atoms with Gasteiger partial charge in [0, 0.05) is 37.5 Å². The maximum Gasteiger partial charge on any atom is 0.139 e. The van der Waals surface area contributed by atoms with Crippen molar-refractivity contribution in [3.05, 3.63) is 29.3 Å². The van der Waals surface area contributed by atoms with E-state index in [2.05, 4.69) is 39.8 Å². The summed E-state index contributed by atoms with van der Waals surface area (Å²) in [7, 11) is 2.13. The second-order valence-electron chi connectivity index (χ2n) is 9.18. The summed E-state index contributed by atoms with van der Waals surface area (Å²) in [5, 5.41) is 10.8. The fraction of sp³-hybridized carbons (Fsp3) is 0.636. The van der Waals surface area contributed by atoms with Gasteiger partial charge in [-0.05, 0) is 76.8 Å². The van der Waals surface area contributed by atoms with E-state index in [-0.39, 0.29) is 10.8 Å². The van der Waals surface area contributed by atoms with Crippen molar-refractivity contribution < 1.29 is 9.66 Å². The quantitative estimate of drug-likeness (QED) is 0.707. The van der Waals surface area contributed by atoms with Gasteiger partial charge in [0.15, 0.2) is 0 Å². The molecule has 6 heteroatoms. The van der Waals surface area contributed by atoms with Gasteiger partial charge >= 0.3 is 0 Å². The molecule has 2 aliphatic rings. The van der Waals surface area contributed by atoms with Crippen molar-refractivity contribution in [1.82, 2.24) is 9.62 Å². The third-order valence-electron chi connectivity index (χ3n) is 5.50. The number of rotatable bonds is 6. The molecule has 156 valence electrons. The first kappa shape index (κ1) is 21.5. The largest absolute Gasteiger partial charge is 0.598 e. The molecule has 1 saturated carbocycles. The zero-order chi connectivity index (χ0) is 20.5. The molecular formula is C22H35N3O2S. The molecule has 0 aromatic heterocycles. The van der Waals surface area contributed by atoms with Gasteiger partial charge in [-0.25, -0.2) is 0 Å². The molecule has 28 heavy (non-hydrogen) atoms. The highest BCUT2D eigenvalue weighted by atomic mass is 32.2. The van der Waals surface area contributed by atoms with Gasteiger partial charge in [-0.15, -0.1) is 4.72 Å². The predicted molar refractivity (Wildman–Crippen MR) is 119 cm³/mol. The van der Waals surface area contributed by atoms with Crippen LogP contribution in [0.4, 0.5) is 5.69 Å². The van der Waals surface area contributed by atoms with Crippen LogP contribution in [0.3, 0.4) is 0 Å². The number of nitrogens with zero attached hydrogens (tertiary/aromatic N) is 2. The van der Waals surface area contributed by atoms with Crippen molar-refractivity contribution in [2.45, 2.75) is 51.3 Å². The fourth-order valence-corrected chi connectivity index (χ4v) is 4.16. The number of allylic oxidation sites excluding steroid dienone is 1. The molecule has 2 N–H and O–H groups in total. The smallest absolute Gasteiger partial charge is 0.139 e. The number of anilines is 1. The number of piperazine rings is 1. The Labute approximate surface area is 173 Å². The Morgan fingerprint density at radius 1 is 1.21 bits per heavy atom. The molecule has 1 aromatic rings. The van der Waals surface area contributed by atoms with E-state index in [1.165, 1.54) is 12.8 Å². The predicted octanol–water partition coefficient (Wildman–Crippen LogP) is 3.68. The zero-order valence-electron chi connectivity index (χ0n) is 17.9. The molecule has 0 bridgehead atoms. The second-order valence-corrected chi connectivity index (χ2v) is 11.2. The molecular weight excluding hydrogens is 370 g/mol. The number of aromatic hydroxyl groups is 1. The van der Waals surface area contributed by atoms with Crippen LogP contribution in [-0.4, -0.2) is 52.5 Å². The fourth-order valence-electron chi connectivity index (χ4n) is 3.36. The summed E-state index contributed by atoms with van der Waals surface area (Å²) in [5.41, 5.74) is 2.99. The Hall–Kier alpha value is -1.21. The molecule has 0 spiro atoms. The minimum atomic E-state index is -1.17. The molecule has 1 unspecified atom stereocenters. The molecule has 1 heterocycles. The van der Waals surface area contributed by atoms with Gasteiger partial charge in [0.2, 0.25) is 0 Å². The zero-order valence-corrected chi connectivity index (χ0v) is 18.7. The Kier molecular flexibility index (Phi) is 6.65. The van der Waals surface area contributed by atoms with E-state index in [1.807, 2.05) is 33.8 Å². The van der Waals surface area contributed by atoms with E-state index >= 15 is 0 Å². The molecule has 2 atom stereocenters. The number of phenols is 1. The summed E-state index contributed by atoms with van der Waals surface area (Å²) in [4.78, 5) is 4.57. The van der Waals surface area contributed by atoms with Gasteiger partial charge in [0.25, 0.3) is 0 Å². The average molecular weight is 406 g/mol. The van der Waals surface area contributed by atoms with Crippen LogP contribution in [0.1, 0.15) is 57.7 Å². The van der Waals surface area contributed by atoms with Gasteiger partial charge in [0.1, 0.15) is 10.5 Å². The molecule has 0 amide bonds. The molecule has 1 aromatic carbocycles. The maximum absolute atomic E-state index is 12.6. The van der Waals surface area contributed by atoms with Crippen LogP contribution in [-0.2, 0) is 11.4 Å². The molecule has 2 fully saturated rings. The minimum absolute atomic E-state index is 0.119. The lowest BCUT2D eigenvalue weighted by Gasteiger charge is -2.35. The van der Waals surface area contributed by atoms with Crippen molar-refractivity contribution in [2.24, 2.45) is 5.92 Å². The van der Waals surface area contributed by atoms with E-state index < -0.39 is 11.4 Å². The molecule has 1 aliphatic carbocycles. The van der Waals surface area contributed by atoms with Crippen molar-refractivity contribution in [2.75, 3.05) is 38.1 Å². The average Bonchev–Trinajstić information content (AvgIpc) is 3.44. The molecule has 3 rings (SSSR count). The maximum atomic E-state index is 12.6. The van der Waals surface area contributed by atoms with Crippen LogP contribution in [0, 0.1) is 5.92 Å². The summed E-state index contributed by atoms with van der Waals surface area (Å²) in [6.45, 7) is 11.7. The van der Waals surface area contributed by atoms with E-state index in [4.69, 9.17) is 0 Å². The van der Waals surface area contributed by atoms with E-state index in [0.29, 0.717) is 11.7 Å². The lowest BCUT2D eigenvalue weighted by molar-refractivity contribution is 0.311. The van der Waals surface area contributed by atoms with Crippen molar-refractivity contribution in [1.29, 1.82) is 0 Å². The Morgan fingerprint density at radius 3 is 2.43 bits per heavy atom. The van der Waals surface area contributed by atoms with E-state index in [9.17, 15) is 9.66 Å². The summed E-state index contributed by atoms with van der Waals surface area (Å²) in [6.07, 6.45) is 6.98. The highest BCUT2D eigenvalue weighted by molar-refractivity contribution is 7.90. The summed E-state index contributed by atoms with van der Waals surface area (Å²) < 4.78 is 15.5. The first-order valence-electron chi connectivity index (χ1n) is 10.3. The first-order chi connectivity index (χ1) is 13.1. The summed E-state index contributed by atoms with van der Waals surface area (Å²) in [5.74, 6) is 0.985. The molecule has 0 radical (unpaired) electrons. The molecule has 1 aliphatic heterocycles. The van der Waals surface area contributed by atoms with Crippen molar-refractivity contribution in [3.63, 3.8) is 0 Å². The van der Waals surface area contributed by atoms with Crippen LogP contribution in [0.25, 0.3) is 6.08 Å². The number of hydrogen-bond donors (Lipinski definition) is 2. The van der Waals surface area contributed by atoms with Crippen molar-refractivity contribution >= 4 is 23.1 Å². The van der Waals surface area contributed by atoms with Crippen molar-refractivity contribution in [3.8, 4) is 5.75 Å². The lowest BCUT2D eigenvalue weighted by Crippen LogP contribution is -2.44. The SMILES string of the molecule is C[C@H](N[S+]([O-])C(C)(C)C)c1cc(O)c(N2CCN(C)CC2)cc1/C=C/C1CC1. The van der Waals surface area contributed by atoms with E-state index in [1.54, 1.807) is 0 Å². The lowest BCUT2D eigenvalue weighted by atomic mass is 9.99. The highest BCUT2D eigenvalue weighted by Gasteiger charge is 2.29. The van der Waals surface area contributed by atoms with Crippen LogP contribution in [0.5, 0.6) is 5.75 Å². The van der Waals surface area contributed by atoms with Gasteiger partial charge in [-0.1, -0.05) is 12.2 Å². The number of benzene rings is 1. The van der Waals surface area contributed by atoms with Gasteiger partial charge < -0.3 is 19.5 Å². The van der Waals surface area contributed by atoms with Crippen LogP contribution in [0.2, 0.25) is 0 Å². The number of likely N-dealkylation sites (N-methyl/N-ethyl adjacent to an activating group) is 1. The minimum Gasteiger partial charge on any atom is -0.598 e. The normalized spacial score (nSPS) is 21.3. The number of phenolic OH excluding ortho intramolecular Hbond substituents is 1. The monoisotopic (exact) mass is 405 g/mol. The Balaban J connectivity index is 1.88. The highest BCUT2D eigenvalue weighted by Crippen LogP contribution is 2.37. The van der Waals surface area contributed by atoms with Crippen LogP contribution >= 0.6 is 0 Å². The van der Waals surface area contributed by atoms with Crippen LogP contribution in [0.15, 0.2) is 18.2 Å². The van der Waals surface area contributed by atoms with Crippen LogP contribution < -0.4 is 9.62 Å².